The molecule has 0 bridgehead atoms. The van der Waals surface area contributed by atoms with Crippen LogP contribution in [-0.4, -0.2) is 12.2 Å². The maximum atomic E-state index is 10.2. The van der Waals surface area contributed by atoms with Crippen LogP contribution in [0.1, 0.15) is 18.1 Å². The van der Waals surface area contributed by atoms with Crippen LogP contribution in [0.4, 0.5) is 0 Å². The summed E-state index contributed by atoms with van der Waals surface area (Å²) in [4.78, 5) is 0. The molecule has 0 aliphatic heterocycles. The molecule has 94 valence electrons. The van der Waals surface area contributed by atoms with Gasteiger partial charge in [-0.1, -0.05) is 37.3 Å². The molecule has 0 radical (unpaired) electrons. The number of aromatic hydroxyl groups is 1. The van der Waals surface area contributed by atoms with E-state index in [1.807, 2.05) is 25.2 Å². The fraction of sp³-hybridized carbons (Fsp3) is 0.250. The minimum Gasteiger partial charge on any atom is -0.507 e. The van der Waals surface area contributed by atoms with Gasteiger partial charge in [-0.05, 0) is 42.3 Å². The van der Waals surface area contributed by atoms with Gasteiger partial charge in [-0.25, -0.2) is 0 Å². The van der Waals surface area contributed by atoms with Crippen LogP contribution in [-0.2, 0) is 13.0 Å². The molecule has 2 nitrogen and oxygen atoms in total. The molecular formula is C16H19NO. The number of hydrogen-bond donors (Lipinski definition) is 2. The number of aryl methyl sites for hydroxylation is 1. The molecule has 2 aromatic rings. The molecule has 0 aromatic heterocycles. The Labute approximate surface area is 108 Å². The van der Waals surface area contributed by atoms with Crippen LogP contribution in [0, 0.1) is 0 Å². The second-order valence-corrected chi connectivity index (χ2v) is 4.39. The highest BCUT2D eigenvalue weighted by atomic mass is 16.3. The van der Waals surface area contributed by atoms with Gasteiger partial charge < -0.3 is 10.4 Å². The Morgan fingerprint density at radius 2 is 1.67 bits per heavy atom. The first-order valence-electron chi connectivity index (χ1n) is 6.31. The maximum Gasteiger partial charge on any atom is 0.123 e. The lowest BCUT2D eigenvalue weighted by Gasteiger charge is -2.12. The van der Waals surface area contributed by atoms with Crippen LogP contribution in [0.5, 0.6) is 5.75 Å². The predicted octanol–water partition coefficient (Wildman–Crippen LogP) is 3.34. The van der Waals surface area contributed by atoms with Crippen molar-refractivity contribution < 1.29 is 5.11 Å². The van der Waals surface area contributed by atoms with Gasteiger partial charge in [0.2, 0.25) is 0 Å². The molecule has 0 aliphatic rings. The van der Waals surface area contributed by atoms with Gasteiger partial charge in [0.25, 0.3) is 0 Å². The van der Waals surface area contributed by atoms with Gasteiger partial charge in [-0.15, -0.1) is 0 Å². The van der Waals surface area contributed by atoms with Gasteiger partial charge in [0.05, 0.1) is 0 Å². The molecule has 0 unspecified atom stereocenters. The summed E-state index contributed by atoms with van der Waals surface area (Å²) in [5.41, 5.74) is 4.30. The molecule has 2 N–H and O–H groups in total. The molecule has 0 amide bonds. The average molecular weight is 241 g/mol. The normalized spacial score (nSPS) is 10.6. The molecule has 0 saturated carbocycles. The molecule has 0 saturated heterocycles. The molecule has 0 spiro atoms. The lowest BCUT2D eigenvalue weighted by molar-refractivity contribution is 0.460. The minimum absolute atomic E-state index is 0.423. The molecule has 2 aromatic carbocycles. The zero-order valence-electron chi connectivity index (χ0n) is 10.9. The van der Waals surface area contributed by atoms with Crippen molar-refractivity contribution in [1.29, 1.82) is 0 Å². The number of phenols is 1. The predicted molar refractivity (Wildman–Crippen MR) is 75.7 cm³/mol. The van der Waals surface area contributed by atoms with Crippen LogP contribution in [0.25, 0.3) is 11.1 Å². The summed E-state index contributed by atoms with van der Waals surface area (Å²) in [6, 6.07) is 14.4. The van der Waals surface area contributed by atoms with Crippen molar-refractivity contribution in [1.82, 2.24) is 5.32 Å². The Morgan fingerprint density at radius 1 is 1.00 bits per heavy atom. The van der Waals surface area contributed by atoms with E-state index >= 15 is 0 Å². The van der Waals surface area contributed by atoms with E-state index in [4.69, 9.17) is 0 Å². The SMILES string of the molecule is CCc1cc(-c2ccccc2)cc(CNC)c1O. The summed E-state index contributed by atoms with van der Waals surface area (Å²) >= 11 is 0. The number of benzene rings is 2. The summed E-state index contributed by atoms with van der Waals surface area (Å²) in [5.74, 6) is 0.423. The smallest absolute Gasteiger partial charge is 0.123 e. The molecule has 0 heterocycles. The van der Waals surface area contributed by atoms with E-state index in [2.05, 4.69) is 36.5 Å². The van der Waals surface area contributed by atoms with E-state index in [1.165, 1.54) is 5.56 Å². The number of nitrogens with one attached hydrogen (secondary N) is 1. The van der Waals surface area contributed by atoms with Crippen LogP contribution in [0.2, 0.25) is 0 Å². The second-order valence-electron chi connectivity index (χ2n) is 4.39. The highest BCUT2D eigenvalue weighted by molar-refractivity contribution is 5.67. The Balaban J connectivity index is 2.52. The van der Waals surface area contributed by atoms with Crippen molar-refractivity contribution in [3.8, 4) is 16.9 Å². The number of hydrogen-bond acceptors (Lipinski definition) is 2. The Bertz CT molecular complexity index is 520. The highest BCUT2D eigenvalue weighted by Gasteiger charge is 2.09. The molecule has 0 fully saturated rings. The Kier molecular flexibility index (Phi) is 4.00. The molecule has 18 heavy (non-hydrogen) atoms. The third-order valence-electron chi connectivity index (χ3n) is 3.12. The van der Waals surface area contributed by atoms with Gasteiger partial charge in [0, 0.05) is 12.1 Å². The zero-order valence-corrected chi connectivity index (χ0v) is 10.9. The lowest BCUT2D eigenvalue weighted by atomic mass is 9.97. The first-order chi connectivity index (χ1) is 8.76. The summed E-state index contributed by atoms with van der Waals surface area (Å²) in [6.45, 7) is 2.74. The molecule has 2 rings (SSSR count). The van der Waals surface area contributed by atoms with Crippen LogP contribution >= 0.6 is 0 Å². The number of rotatable bonds is 4. The quantitative estimate of drug-likeness (QED) is 0.860. The van der Waals surface area contributed by atoms with Gasteiger partial charge in [0.15, 0.2) is 0 Å². The minimum atomic E-state index is 0.423. The maximum absolute atomic E-state index is 10.2. The molecule has 2 heteroatoms. The Morgan fingerprint density at radius 3 is 2.28 bits per heavy atom. The van der Waals surface area contributed by atoms with Crippen LogP contribution in [0.3, 0.4) is 0 Å². The van der Waals surface area contributed by atoms with Gasteiger partial charge in [-0.2, -0.15) is 0 Å². The summed E-state index contributed by atoms with van der Waals surface area (Å²) in [7, 11) is 1.89. The van der Waals surface area contributed by atoms with Crippen molar-refractivity contribution >= 4 is 0 Å². The largest absolute Gasteiger partial charge is 0.507 e. The second kappa shape index (κ2) is 5.69. The van der Waals surface area contributed by atoms with Gasteiger partial charge in [0.1, 0.15) is 5.75 Å². The topological polar surface area (TPSA) is 32.3 Å². The van der Waals surface area contributed by atoms with E-state index < -0.39 is 0 Å². The fourth-order valence-electron chi connectivity index (χ4n) is 2.15. The molecular weight excluding hydrogens is 222 g/mol. The van der Waals surface area contributed by atoms with Crippen molar-refractivity contribution in [3.63, 3.8) is 0 Å². The van der Waals surface area contributed by atoms with Crippen LogP contribution in [0.15, 0.2) is 42.5 Å². The summed E-state index contributed by atoms with van der Waals surface area (Å²) in [6.07, 6.45) is 0.837. The third-order valence-corrected chi connectivity index (χ3v) is 3.12. The fourth-order valence-corrected chi connectivity index (χ4v) is 2.15. The third kappa shape index (κ3) is 2.54. The zero-order chi connectivity index (χ0) is 13.0. The van der Waals surface area contributed by atoms with Crippen molar-refractivity contribution in [2.75, 3.05) is 7.05 Å². The first-order valence-corrected chi connectivity index (χ1v) is 6.31. The van der Waals surface area contributed by atoms with E-state index in [0.717, 1.165) is 23.1 Å². The van der Waals surface area contributed by atoms with E-state index in [1.54, 1.807) is 0 Å². The van der Waals surface area contributed by atoms with E-state index in [-0.39, 0.29) is 0 Å². The average Bonchev–Trinajstić information content (AvgIpc) is 2.42. The van der Waals surface area contributed by atoms with Gasteiger partial charge >= 0.3 is 0 Å². The summed E-state index contributed by atoms with van der Waals surface area (Å²) in [5, 5.41) is 13.2. The highest BCUT2D eigenvalue weighted by Crippen LogP contribution is 2.30. The van der Waals surface area contributed by atoms with Crippen molar-refractivity contribution in [2.24, 2.45) is 0 Å². The van der Waals surface area contributed by atoms with Gasteiger partial charge in [-0.3, -0.25) is 0 Å². The molecule has 0 atom stereocenters. The van der Waals surface area contributed by atoms with E-state index in [9.17, 15) is 5.11 Å². The van der Waals surface area contributed by atoms with Crippen LogP contribution < -0.4 is 5.32 Å². The monoisotopic (exact) mass is 241 g/mol. The number of phenolic OH excluding ortho intramolecular Hbond substituents is 1. The lowest BCUT2D eigenvalue weighted by Crippen LogP contribution is -2.06. The van der Waals surface area contributed by atoms with Crippen molar-refractivity contribution in [2.45, 2.75) is 19.9 Å². The van der Waals surface area contributed by atoms with Crippen molar-refractivity contribution in [3.05, 3.63) is 53.6 Å². The standard InChI is InChI=1S/C16H19NO/c1-3-12-9-14(13-7-5-4-6-8-13)10-15(11-17-2)16(12)18/h4-10,17-18H,3,11H2,1-2H3. The Hall–Kier alpha value is -1.80. The van der Waals surface area contributed by atoms with E-state index in [0.29, 0.717) is 12.3 Å². The first kappa shape index (κ1) is 12.7. The molecule has 0 aliphatic carbocycles. The summed E-state index contributed by atoms with van der Waals surface area (Å²) < 4.78 is 0.